The molecule has 1 aliphatic rings. The normalized spacial score (nSPS) is 19.1. The smallest absolute Gasteiger partial charge is 0.319 e. The summed E-state index contributed by atoms with van der Waals surface area (Å²) in [6, 6.07) is -0.165. The number of carboxylic acids is 1. The molecule has 0 aromatic carbocycles. The zero-order chi connectivity index (χ0) is 12.8. The van der Waals surface area contributed by atoms with Gasteiger partial charge in [0.15, 0.2) is 0 Å². The number of amides is 2. The van der Waals surface area contributed by atoms with E-state index in [9.17, 15) is 9.59 Å². The van der Waals surface area contributed by atoms with Gasteiger partial charge in [0.2, 0.25) is 0 Å². The molecule has 6 nitrogen and oxygen atoms in total. The summed E-state index contributed by atoms with van der Waals surface area (Å²) in [5.74, 6) is -0.897. The Labute approximate surface area is 101 Å². The average Bonchev–Trinajstić information content (AvgIpc) is 2.77. The first-order valence-corrected chi connectivity index (χ1v) is 5.80. The van der Waals surface area contributed by atoms with Crippen LogP contribution in [0.25, 0.3) is 0 Å². The molecule has 2 amide bonds. The molecule has 1 fully saturated rings. The summed E-state index contributed by atoms with van der Waals surface area (Å²) in [6.45, 7) is 1.56. The van der Waals surface area contributed by atoms with Gasteiger partial charge in [-0.25, -0.2) is 4.79 Å². The Bertz CT molecular complexity index is 277. The summed E-state index contributed by atoms with van der Waals surface area (Å²) < 4.78 is 5.45. The summed E-state index contributed by atoms with van der Waals surface area (Å²) in [5, 5.41) is 8.54. The average molecular weight is 244 g/mol. The van der Waals surface area contributed by atoms with E-state index in [-0.39, 0.29) is 25.1 Å². The number of hydrogen-bond donors (Lipinski definition) is 1. The van der Waals surface area contributed by atoms with Crippen molar-refractivity contribution in [3.8, 4) is 0 Å². The van der Waals surface area contributed by atoms with Crippen molar-refractivity contribution >= 4 is 12.0 Å². The van der Waals surface area contributed by atoms with E-state index in [1.54, 1.807) is 19.0 Å². The highest BCUT2D eigenvalue weighted by Crippen LogP contribution is 2.13. The molecule has 0 bridgehead atoms. The zero-order valence-electron chi connectivity index (χ0n) is 10.4. The molecule has 1 aliphatic heterocycles. The van der Waals surface area contributed by atoms with Crippen LogP contribution in [0.5, 0.6) is 0 Å². The summed E-state index contributed by atoms with van der Waals surface area (Å²) in [7, 11) is 3.32. The number of aliphatic carboxylic acids is 1. The molecule has 1 unspecified atom stereocenters. The molecule has 0 spiro atoms. The minimum atomic E-state index is -0.897. The van der Waals surface area contributed by atoms with Crippen LogP contribution in [0, 0.1) is 0 Å². The van der Waals surface area contributed by atoms with E-state index in [2.05, 4.69) is 0 Å². The third-order valence-electron chi connectivity index (χ3n) is 2.82. The quantitative estimate of drug-likeness (QED) is 0.769. The van der Waals surface area contributed by atoms with Crippen LogP contribution in [0.15, 0.2) is 0 Å². The first-order valence-electron chi connectivity index (χ1n) is 5.80. The van der Waals surface area contributed by atoms with Gasteiger partial charge < -0.3 is 19.6 Å². The van der Waals surface area contributed by atoms with Crippen LogP contribution in [-0.2, 0) is 9.53 Å². The van der Waals surface area contributed by atoms with Crippen molar-refractivity contribution < 1.29 is 19.4 Å². The van der Waals surface area contributed by atoms with Gasteiger partial charge >= 0.3 is 12.0 Å². The van der Waals surface area contributed by atoms with E-state index in [4.69, 9.17) is 9.84 Å². The van der Waals surface area contributed by atoms with Gasteiger partial charge in [-0.3, -0.25) is 4.79 Å². The molecule has 17 heavy (non-hydrogen) atoms. The van der Waals surface area contributed by atoms with Gasteiger partial charge in [0.25, 0.3) is 0 Å². The van der Waals surface area contributed by atoms with Crippen LogP contribution in [0.3, 0.4) is 0 Å². The third kappa shape index (κ3) is 4.60. The van der Waals surface area contributed by atoms with E-state index in [0.717, 1.165) is 19.4 Å². The van der Waals surface area contributed by atoms with E-state index in [0.29, 0.717) is 6.54 Å². The van der Waals surface area contributed by atoms with Crippen molar-refractivity contribution in [2.45, 2.75) is 25.4 Å². The molecule has 0 radical (unpaired) electrons. The van der Waals surface area contributed by atoms with Gasteiger partial charge in [0.1, 0.15) is 0 Å². The molecular formula is C11H20N2O4. The molecule has 6 heteroatoms. The van der Waals surface area contributed by atoms with Crippen LogP contribution in [0.2, 0.25) is 0 Å². The van der Waals surface area contributed by atoms with Gasteiger partial charge in [-0.2, -0.15) is 0 Å². The van der Waals surface area contributed by atoms with Crippen molar-refractivity contribution in [1.29, 1.82) is 0 Å². The van der Waals surface area contributed by atoms with Crippen molar-refractivity contribution in [3.63, 3.8) is 0 Å². The maximum absolute atomic E-state index is 11.8. The van der Waals surface area contributed by atoms with Gasteiger partial charge in [-0.15, -0.1) is 0 Å². The SMILES string of the molecule is CN(CCC(=O)O)C(=O)N(C)CC1CCCO1. The fourth-order valence-corrected chi connectivity index (χ4v) is 1.82. The van der Waals surface area contributed by atoms with E-state index >= 15 is 0 Å². The highest BCUT2D eigenvalue weighted by molar-refractivity contribution is 5.75. The van der Waals surface area contributed by atoms with Crippen LogP contribution in [0.1, 0.15) is 19.3 Å². The van der Waals surface area contributed by atoms with Crippen LogP contribution in [0.4, 0.5) is 4.79 Å². The van der Waals surface area contributed by atoms with E-state index in [1.807, 2.05) is 0 Å². The molecule has 0 aliphatic carbocycles. The van der Waals surface area contributed by atoms with Crippen LogP contribution >= 0.6 is 0 Å². The largest absolute Gasteiger partial charge is 0.481 e. The molecule has 1 heterocycles. The Morgan fingerprint density at radius 2 is 2.06 bits per heavy atom. The topological polar surface area (TPSA) is 70.1 Å². The number of ether oxygens (including phenoxy) is 1. The maximum Gasteiger partial charge on any atom is 0.319 e. The van der Waals surface area contributed by atoms with Crippen molar-refractivity contribution in [3.05, 3.63) is 0 Å². The Kier molecular flexibility index (Phi) is 5.21. The van der Waals surface area contributed by atoms with Crippen molar-refractivity contribution in [2.75, 3.05) is 33.8 Å². The van der Waals surface area contributed by atoms with E-state index in [1.165, 1.54) is 4.90 Å². The molecule has 1 atom stereocenters. The Balaban J connectivity index is 2.31. The number of hydrogen-bond acceptors (Lipinski definition) is 3. The second-order valence-electron chi connectivity index (χ2n) is 4.36. The Morgan fingerprint density at radius 3 is 2.59 bits per heavy atom. The summed E-state index contributed by atoms with van der Waals surface area (Å²) >= 11 is 0. The zero-order valence-corrected chi connectivity index (χ0v) is 10.4. The lowest BCUT2D eigenvalue weighted by molar-refractivity contribution is -0.137. The minimum absolute atomic E-state index is 0.0317. The standard InChI is InChI=1S/C11H20N2O4/c1-12(6-5-10(14)15)11(16)13(2)8-9-4-3-7-17-9/h9H,3-8H2,1-2H3,(H,14,15). The Morgan fingerprint density at radius 1 is 1.35 bits per heavy atom. The second kappa shape index (κ2) is 6.44. The molecule has 0 aromatic heterocycles. The van der Waals surface area contributed by atoms with Gasteiger partial charge in [0.05, 0.1) is 12.5 Å². The lowest BCUT2D eigenvalue weighted by Gasteiger charge is -2.26. The number of likely N-dealkylation sites (N-methyl/N-ethyl adjacent to an activating group) is 1. The lowest BCUT2D eigenvalue weighted by atomic mass is 10.2. The molecule has 0 saturated carbocycles. The van der Waals surface area contributed by atoms with Gasteiger partial charge in [-0.05, 0) is 12.8 Å². The molecular weight excluding hydrogens is 224 g/mol. The van der Waals surface area contributed by atoms with E-state index < -0.39 is 5.97 Å². The van der Waals surface area contributed by atoms with Crippen LogP contribution < -0.4 is 0 Å². The minimum Gasteiger partial charge on any atom is -0.481 e. The summed E-state index contributed by atoms with van der Waals surface area (Å²) in [4.78, 5) is 25.3. The number of urea groups is 1. The number of rotatable bonds is 5. The van der Waals surface area contributed by atoms with Gasteiger partial charge in [-0.1, -0.05) is 0 Å². The number of nitrogens with zero attached hydrogens (tertiary/aromatic N) is 2. The molecule has 1 N–H and O–H groups in total. The number of carbonyl (C=O) groups is 2. The summed E-state index contributed by atoms with van der Waals surface area (Å²) in [5.41, 5.74) is 0. The fourth-order valence-electron chi connectivity index (χ4n) is 1.82. The molecule has 1 saturated heterocycles. The first kappa shape index (κ1) is 13.8. The monoisotopic (exact) mass is 244 g/mol. The van der Waals surface area contributed by atoms with Crippen LogP contribution in [-0.4, -0.2) is 66.8 Å². The predicted octanol–water partition coefficient (Wildman–Crippen LogP) is 0.624. The Hall–Kier alpha value is -1.30. The number of carboxylic acid groups (broad SMARTS) is 1. The summed E-state index contributed by atoms with van der Waals surface area (Å²) in [6.07, 6.45) is 2.12. The van der Waals surface area contributed by atoms with Gasteiger partial charge in [0, 0.05) is 33.8 Å². The molecule has 1 rings (SSSR count). The second-order valence-corrected chi connectivity index (χ2v) is 4.36. The van der Waals surface area contributed by atoms with Crippen molar-refractivity contribution in [2.24, 2.45) is 0 Å². The predicted molar refractivity (Wildman–Crippen MR) is 61.9 cm³/mol. The highest BCUT2D eigenvalue weighted by atomic mass is 16.5. The fraction of sp³-hybridized carbons (Fsp3) is 0.818. The number of carbonyl (C=O) groups excluding carboxylic acids is 1. The molecule has 98 valence electrons. The highest BCUT2D eigenvalue weighted by Gasteiger charge is 2.21. The molecule has 0 aromatic rings. The maximum atomic E-state index is 11.8. The lowest BCUT2D eigenvalue weighted by Crippen LogP contribution is -2.42. The third-order valence-corrected chi connectivity index (χ3v) is 2.82. The van der Waals surface area contributed by atoms with Crippen molar-refractivity contribution in [1.82, 2.24) is 9.80 Å². The first-order chi connectivity index (χ1) is 8.00.